The van der Waals surface area contributed by atoms with E-state index in [-0.39, 0.29) is 6.42 Å². The van der Waals surface area contributed by atoms with Gasteiger partial charge in [0.2, 0.25) is 0 Å². The fourth-order valence-electron chi connectivity index (χ4n) is 0.383. The molecule has 0 aromatic heterocycles. The van der Waals surface area contributed by atoms with Crippen LogP contribution in [0.1, 0.15) is 13.3 Å². The molecule has 0 heterocycles. The van der Waals surface area contributed by atoms with Gasteiger partial charge in [-0.2, -0.15) is 0 Å². The third kappa shape index (κ3) is 3.66. The van der Waals surface area contributed by atoms with Crippen molar-refractivity contribution in [3.05, 3.63) is 0 Å². The number of hydrogen-bond acceptors (Lipinski definition) is 3. The van der Waals surface area contributed by atoms with Gasteiger partial charge in [-0.3, -0.25) is 5.41 Å². The predicted molar refractivity (Wildman–Crippen MR) is 31.7 cm³/mol. The largest absolute Gasteiger partial charge is 0.477 e. The molecule has 0 fully saturated rings. The zero-order chi connectivity index (χ0) is 7.44. The molecule has 1 atom stereocenters. The number of hydrogen-bond donors (Lipinski definition) is 3. The van der Waals surface area contributed by atoms with E-state index < -0.39 is 17.8 Å². The maximum Gasteiger partial charge on any atom is 0.349 e. The minimum absolute atomic E-state index is 0.0880. The van der Waals surface area contributed by atoms with Crippen LogP contribution < -0.4 is 0 Å². The second-order valence-electron chi connectivity index (χ2n) is 1.84. The Kier molecular flexibility index (Phi) is 2.87. The number of aliphatic hydroxyl groups is 1. The van der Waals surface area contributed by atoms with Crippen LogP contribution in [0.5, 0.6) is 0 Å². The van der Waals surface area contributed by atoms with Crippen molar-refractivity contribution in [3.8, 4) is 0 Å². The molecule has 4 heteroatoms. The summed E-state index contributed by atoms with van der Waals surface area (Å²) >= 11 is 0. The molecule has 0 amide bonds. The van der Waals surface area contributed by atoms with Gasteiger partial charge in [0, 0.05) is 6.42 Å². The summed E-state index contributed by atoms with van der Waals surface area (Å²) in [4.78, 5) is 9.90. The lowest BCUT2D eigenvalue weighted by atomic mass is 10.2. The number of aliphatic carboxylic acids is 1. The van der Waals surface area contributed by atoms with Gasteiger partial charge in [0.05, 0.1) is 6.10 Å². The lowest BCUT2D eigenvalue weighted by Gasteiger charge is -1.99. The summed E-state index contributed by atoms with van der Waals surface area (Å²) in [5.74, 6) is -1.27. The van der Waals surface area contributed by atoms with Crippen molar-refractivity contribution in [1.82, 2.24) is 0 Å². The molecule has 0 radical (unpaired) electrons. The second-order valence-corrected chi connectivity index (χ2v) is 1.84. The highest BCUT2D eigenvalue weighted by Gasteiger charge is 2.08. The van der Waals surface area contributed by atoms with E-state index in [2.05, 4.69) is 0 Å². The third-order valence-electron chi connectivity index (χ3n) is 0.758. The maximum absolute atomic E-state index is 9.90. The van der Waals surface area contributed by atoms with Crippen molar-refractivity contribution < 1.29 is 15.0 Å². The molecular weight excluding hydrogens is 122 g/mol. The third-order valence-corrected chi connectivity index (χ3v) is 0.758. The van der Waals surface area contributed by atoms with Crippen LogP contribution in [0.4, 0.5) is 0 Å². The fraction of sp³-hybridized carbons (Fsp3) is 0.600. The number of rotatable bonds is 3. The van der Waals surface area contributed by atoms with Crippen LogP contribution in [0, 0.1) is 5.41 Å². The average Bonchev–Trinajstić information content (AvgIpc) is 1.63. The maximum atomic E-state index is 9.90. The first kappa shape index (κ1) is 8.10. The first-order valence-corrected chi connectivity index (χ1v) is 2.53. The molecule has 9 heavy (non-hydrogen) atoms. The molecular formula is C5H9NO3. The summed E-state index contributed by atoms with van der Waals surface area (Å²) < 4.78 is 0. The minimum atomic E-state index is -1.27. The number of carbonyl (C=O) groups is 1. The molecule has 0 saturated carbocycles. The van der Waals surface area contributed by atoms with Gasteiger partial charge in [0.15, 0.2) is 0 Å². The van der Waals surface area contributed by atoms with E-state index in [9.17, 15) is 4.79 Å². The number of aliphatic hydroxyl groups excluding tert-OH is 1. The molecule has 0 aromatic carbocycles. The smallest absolute Gasteiger partial charge is 0.349 e. The minimum Gasteiger partial charge on any atom is -0.477 e. The van der Waals surface area contributed by atoms with Crippen LogP contribution >= 0.6 is 0 Å². The fourth-order valence-corrected chi connectivity index (χ4v) is 0.383. The lowest BCUT2D eigenvalue weighted by Crippen LogP contribution is -2.17. The molecule has 0 aliphatic rings. The Morgan fingerprint density at radius 3 is 2.33 bits per heavy atom. The van der Waals surface area contributed by atoms with Gasteiger partial charge in [-0.25, -0.2) is 4.79 Å². The molecule has 0 spiro atoms. The normalized spacial score (nSPS) is 12.7. The Bertz CT molecular complexity index is 130. The van der Waals surface area contributed by atoms with Crippen molar-refractivity contribution in [2.45, 2.75) is 19.4 Å². The molecule has 0 unspecified atom stereocenters. The quantitative estimate of drug-likeness (QED) is 0.466. The summed E-state index contributed by atoms with van der Waals surface area (Å²) in [5.41, 5.74) is -0.454. The second kappa shape index (κ2) is 3.19. The summed E-state index contributed by atoms with van der Waals surface area (Å²) in [6.07, 6.45) is -0.830. The summed E-state index contributed by atoms with van der Waals surface area (Å²) in [5, 5.41) is 23.4. The van der Waals surface area contributed by atoms with Crippen LogP contribution in [0.25, 0.3) is 0 Å². The highest BCUT2D eigenvalue weighted by molar-refractivity contribution is 6.34. The Morgan fingerprint density at radius 2 is 2.22 bits per heavy atom. The first-order chi connectivity index (χ1) is 4.04. The molecule has 4 nitrogen and oxygen atoms in total. The zero-order valence-electron chi connectivity index (χ0n) is 5.09. The monoisotopic (exact) mass is 131 g/mol. The standard InChI is InChI=1S/C5H9NO3/c1-3(7)2-4(6)5(8)9/h3,6-7H,2H2,1H3,(H,8,9)/t3-/m0/s1. The van der Waals surface area contributed by atoms with Crippen LogP contribution in [0.3, 0.4) is 0 Å². The predicted octanol–water partition coefficient (Wildman–Crippen LogP) is -0.138. The Balaban J connectivity index is 3.65. The molecule has 3 N–H and O–H groups in total. The van der Waals surface area contributed by atoms with E-state index in [1.807, 2.05) is 0 Å². The molecule has 0 aliphatic carbocycles. The van der Waals surface area contributed by atoms with E-state index in [0.29, 0.717) is 0 Å². The molecule has 0 bridgehead atoms. The summed E-state index contributed by atoms with van der Waals surface area (Å²) in [6, 6.07) is 0. The van der Waals surface area contributed by atoms with Crippen molar-refractivity contribution in [2.75, 3.05) is 0 Å². The molecule has 0 aromatic rings. The van der Waals surface area contributed by atoms with E-state index in [0.717, 1.165) is 0 Å². The van der Waals surface area contributed by atoms with Gasteiger partial charge < -0.3 is 10.2 Å². The lowest BCUT2D eigenvalue weighted by molar-refractivity contribution is -0.129. The number of nitrogens with one attached hydrogen (secondary N) is 1. The Morgan fingerprint density at radius 1 is 1.78 bits per heavy atom. The zero-order valence-corrected chi connectivity index (χ0v) is 5.09. The molecule has 0 saturated heterocycles. The topological polar surface area (TPSA) is 81.4 Å². The van der Waals surface area contributed by atoms with Gasteiger partial charge in [0.1, 0.15) is 5.71 Å². The summed E-state index contributed by atoms with van der Waals surface area (Å²) in [7, 11) is 0. The van der Waals surface area contributed by atoms with Gasteiger partial charge in [-0.1, -0.05) is 0 Å². The molecule has 0 aliphatic heterocycles. The number of carboxylic acids is 1. The molecule has 52 valence electrons. The average molecular weight is 131 g/mol. The highest BCUT2D eigenvalue weighted by atomic mass is 16.4. The van der Waals surface area contributed by atoms with Crippen molar-refractivity contribution in [1.29, 1.82) is 5.41 Å². The molecule has 0 rings (SSSR count). The van der Waals surface area contributed by atoms with Crippen molar-refractivity contribution in [2.24, 2.45) is 0 Å². The van der Waals surface area contributed by atoms with Gasteiger partial charge in [-0.15, -0.1) is 0 Å². The summed E-state index contributed by atoms with van der Waals surface area (Å²) in [6.45, 7) is 1.44. The van der Waals surface area contributed by atoms with Gasteiger partial charge >= 0.3 is 5.97 Å². The van der Waals surface area contributed by atoms with E-state index in [4.69, 9.17) is 15.6 Å². The van der Waals surface area contributed by atoms with Crippen LogP contribution in [-0.4, -0.2) is 28.0 Å². The van der Waals surface area contributed by atoms with Crippen LogP contribution in [0.15, 0.2) is 0 Å². The number of carboxylic acid groups (broad SMARTS) is 1. The van der Waals surface area contributed by atoms with Crippen molar-refractivity contribution >= 4 is 11.7 Å². The Labute approximate surface area is 52.6 Å². The van der Waals surface area contributed by atoms with E-state index >= 15 is 0 Å². The van der Waals surface area contributed by atoms with Crippen LogP contribution in [-0.2, 0) is 4.79 Å². The Hall–Kier alpha value is -0.900. The van der Waals surface area contributed by atoms with Gasteiger partial charge in [-0.05, 0) is 6.92 Å². The highest BCUT2D eigenvalue weighted by Crippen LogP contribution is 1.90. The first-order valence-electron chi connectivity index (χ1n) is 2.53. The van der Waals surface area contributed by atoms with Crippen molar-refractivity contribution in [3.63, 3.8) is 0 Å². The van der Waals surface area contributed by atoms with Gasteiger partial charge in [0.25, 0.3) is 0 Å². The van der Waals surface area contributed by atoms with E-state index in [1.165, 1.54) is 6.92 Å². The van der Waals surface area contributed by atoms with E-state index in [1.54, 1.807) is 0 Å². The SMILES string of the molecule is C[C@H](O)CC(=N)C(=O)O. The van der Waals surface area contributed by atoms with Crippen LogP contribution in [0.2, 0.25) is 0 Å².